The summed E-state index contributed by atoms with van der Waals surface area (Å²) < 4.78 is 24.7. The molecule has 0 bridgehead atoms. The van der Waals surface area contributed by atoms with Gasteiger partial charge in [0, 0.05) is 23.3 Å². The van der Waals surface area contributed by atoms with Crippen molar-refractivity contribution in [2.45, 2.75) is 32.7 Å². The first-order valence-electron chi connectivity index (χ1n) is 6.69. The van der Waals surface area contributed by atoms with Crippen LogP contribution >= 0.6 is 0 Å². The van der Waals surface area contributed by atoms with Gasteiger partial charge >= 0.3 is 0 Å². The largest absolute Gasteiger partial charge is 0.309 e. The minimum absolute atomic E-state index is 0.0515. The van der Waals surface area contributed by atoms with Crippen LogP contribution in [0.15, 0.2) is 24.3 Å². The first-order chi connectivity index (χ1) is 9.28. The fourth-order valence-corrected chi connectivity index (χ4v) is 2.60. The molecule has 0 aliphatic heterocycles. The second-order valence-electron chi connectivity index (χ2n) is 5.52. The van der Waals surface area contributed by atoms with Crippen LogP contribution in [0.4, 0.5) is 11.4 Å². The zero-order valence-electron chi connectivity index (χ0n) is 12.0. The van der Waals surface area contributed by atoms with Gasteiger partial charge in [-0.2, -0.15) is 0 Å². The maximum atomic E-state index is 12.3. The number of nitrogens with one attached hydrogen (secondary N) is 1. The molecule has 0 radical (unpaired) electrons. The summed E-state index contributed by atoms with van der Waals surface area (Å²) in [5.74, 6) is 0.0562. The first-order valence-corrected chi connectivity index (χ1v) is 8.58. The van der Waals surface area contributed by atoms with Crippen LogP contribution in [0.1, 0.15) is 26.7 Å². The Morgan fingerprint density at radius 1 is 1.25 bits per heavy atom. The smallest absolute Gasteiger partial charge is 0.229 e. The maximum Gasteiger partial charge on any atom is 0.229 e. The number of amides is 1. The minimum atomic E-state index is -3.27. The van der Waals surface area contributed by atoms with E-state index in [0.717, 1.165) is 24.8 Å². The number of hydrogen-bond acceptors (Lipinski definition) is 3. The van der Waals surface area contributed by atoms with Gasteiger partial charge in [-0.15, -0.1) is 0 Å². The second kappa shape index (κ2) is 5.44. The lowest BCUT2D eigenvalue weighted by molar-refractivity contribution is -0.121. The van der Waals surface area contributed by atoms with Crippen LogP contribution in [0.5, 0.6) is 0 Å². The Morgan fingerprint density at radius 2 is 1.80 bits per heavy atom. The van der Waals surface area contributed by atoms with E-state index in [0.29, 0.717) is 11.7 Å². The molecule has 1 aromatic carbocycles. The summed E-state index contributed by atoms with van der Waals surface area (Å²) in [6.45, 7) is 3.77. The third-order valence-corrected chi connectivity index (χ3v) is 3.70. The highest BCUT2D eigenvalue weighted by molar-refractivity contribution is 7.92. The highest BCUT2D eigenvalue weighted by Gasteiger charge is 2.34. The lowest BCUT2D eigenvalue weighted by Gasteiger charge is -2.24. The van der Waals surface area contributed by atoms with Gasteiger partial charge in [0.2, 0.25) is 15.9 Å². The standard InChI is InChI=1S/C14H20N2O3S/c1-10(2)14(17)16(13-8-9-13)12-6-4-11(5-7-12)15-20(3,18)19/h4-7,10,13,15H,8-9H2,1-3H3. The fraction of sp³-hybridized carbons (Fsp3) is 0.500. The van der Waals surface area contributed by atoms with E-state index in [1.54, 1.807) is 24.3 Å². The number of rotatable bonds is 5. The van der Waals surface area contributed by atoms with Crippen molar-refractivity contribution in [2.24, 2.45) is 5.92 Å². The van der Waals surface area contributed by atoms with Crippen LogP contribution in [0.3, 0.4) is 0 Å². The molecule has 2 rings (SSSR count). The molecular weight excluding hydrogens is 276 g/mol. The normalized spacial score (nSPS) is 15.2. The first kappa shape index (κ1) is 14.8. The van der Waals surface area contributed by atoms with Crippen molar-refractivity contribution in [1.82, 2.24) is 0 Å². The van der Waals surface area contributed by atoms with Crippen molar-refractivity contribution in [3.05, 3.63) is 24.3 Å². The summed E-state index contributed by atoms with van der Waals surface area (Å²) in [5, 5.41) is 0. The second-order valence-corrected chi connectivity index (χ2v) is 7.26. The van der Waals surface area contributed by atoms with E-state index >= 15 is 0 Å². The van der Waals surface area contributed by atoms with E-state index in [-0.39, 0.29) is 11.8 Å². The van der Waals surface area contributed by atoms with Crippen molar-refractivity contribution in [3.63, 3.8) is 0 Å². The topological polar surface area (TPSA) is 66.5 Å². The maximum absolute atomic E-state index is 12.3. The molecule has 1 amide bonds. The Bertz CT molecular complexity index is 589. The van der Waals surface area contributed by atoms with Crippen LogP contribution in [0.25, 0.3) is 0 Å². The average Bonchev–Trinajstić information content (AvgIpc) is 3.14. The number of carbonyl (C=O) groups excluding carboxylic acids is 1. The highest BCUT2D eigenvalue weighted by atomic mass is 32.2. The third-order valence-electron chi connectivity index (χ3n) is 3.09. The number of nitrogens with zero attached hydrogens (tertiary/aromatic N) is 1. The van der Waals surface area contributed by atoms with Gasteiger partial charge in [0.05, 0.1) is 6.26 Å². The summed E-state index contributed by atoms with van der Waals surface area (Å²) in [6, 6.07) is 7.22. The number of sulfonamides is 1. The average molecular weight is 296 g/mol. The lowest BCUT2D eigenvalue weighted by Crippen LogP contribution is -2.36. The lowest BCUT2D eigenvalue weighted by atomic mass is 10.1. The van der Waals surface area contributed by atoms with Crippen molar-refractivity contribution in [3.8, 4) is 0 Å². The quantitative estimate of drug-likeness (QED) is 0.906. The molecule has 110 valence electrons. The van der Waals surface area contributed by atoms with Crippen LogP contribution < -0.4 is 9.62 Å². The molecule has 1 aromatic rings. The zero-order chi connectivity index (χ0) is 14.9. The molecule has 0 aromatic heterocycles. The summed E-state index contributed by atoms with van der Waals surface area (Å²) in [4.78, 5) is 14.1. The summed E-state index contributed by atoms with van der Waals surface area (Å²) in [5.41, 5.74) is 1.33. The van der Waals surface area contributed by atoms with E-state index in [4.69, 9.17) is 0 Å². The predicted molar refractivity (Wildman–Crippen MR) is 80.3 cm³/mol. The molecule has 0 spiro atoms. The van der Waals surface area contributed by atoms with E-state index in [2.05, 4.69) is 4.72 Å². The van der Waals surface area contributed by atoms with Crippen molar-refractivity contribution in [1.29, 1.82) is 0 Å². The molecule has 20 heavy (non-hydrogen) atoms. The molecule has 1 N–H and O–H groups in total. The Kier molecular flexibility index (Phi) is 4.04. The number of anilines is 2. The molecular formula is C14H20N2O3S. The Morgan fingerprint density at radius 3 is 2.20 bits per heavy atom. The van der Waals surface area contributed by atoms with Gasteiger partial charge in [-0.1, -0.05) is 13.8 Å². The number of benzene rings is 1. The van der Waals surface area contributed by atoms with E-state index in [1.807, 2.05) is 18.7 Å². The van der Waals surface area contributed by atoms with Crippen molar-refractivity contribution >= 4 is 27.3 Å². The molecule has 1 aliphatic carbocycles. The minimum Gasteiger partial charge on any atom is -0.309 e. The molecule has 1 aliphatic rings. The monoisotopic (exact) mass is 296 g/mol. The van der Waals surface area contributed by atoms with Crippen molar-refractivity contribution in [2.75, 3.05) is 15.9 Å². The summed E-state index contributed by atoms with van der Waals surface area (Å²) in [7, 11) is -3.27. The van der Waals surface area contributed by atoms with E-state index in [9.17, 15) is 13.2 Å². The number of carbonyl (C=O) groups is 1. The fourth-order valence-electron chi connectivity index (χ4n) is 2.03. The van der Waals surface area contributed by atoms with E-state index < -0.39 is 10.0 Å². The zero-order valence-corrected chi connectivity index (χ0v) is 12.8. The molecule has 1 fully saturated rings. The van der Waals surface area contributed by atoms with Gasteiger partial charge in [-0.3, -0.25) is 9.52 Å². The number of hydrogen-bond donors (Lipinski definition) is 1. The SMILES string of the molecule is CC(C)C(=O)N(c1ccc(NS(C)(=O)=O)cc1)C1CC1. The Labute approximate surface area is 120 Å². The van der Waals surface area contributed by atoms with Gasteiger partial charge in [0.25, 0.3) is 0 Å². The van der Waals surface area contributed by atoms with Gasteiger partial charge in [0.15, 0.2) is 0 Å². The van der Waals surface area contributed by atoms with Crippen LogP contribution in [-0.2, 0) is 14.8 Å². The molecule has 0 atom stereocenters. The van der Waals surface area contributed by atoms with Crippen molar-refractivity contribution < 1.29 is 13.2 Å². The molecule has 6 heteroatoms. The summed E-state index contributed by atoms with van der Waals surface area (Å²) in [6.07, 6.45) is 3.17. The molecule has 1 saturated carbocycles. The molecule has 5 nitrogen and oxygen atoms in total. The van der Waals surface area contributed by atoms with Gasteiger partial charge in [-0.25, -0.2) is 8.42 Å². The Hall–Kier alpha value is -1.56. The predicted octanol–water partition coefficient (Wildman–Crippen LogP) is 2.21. The van der Waals surface area contributed by atoms with Gasteiger partial charge < -0.3 is 4.90 Å². The third kappa shape index (κ3) is 3.72. The van der Waals surface area contributed by atoms with Gasteiger partial charge in [-0.05, 0) is 37.1 Å². The molecule has 0 unspecified atom stereocenters. The van der Waals surface area contributed by atoms with E-state index in [1.165, 1.54) is 0 Å². The highest BCUT2D eigenvalue weighted by Crippen LogP contribution is 2.33. The van der Waals surface area contributed by atoms with Gasteiger partial charge in [0.1, 0.15) is 0 Å². The van der Waals surface area contributed by atoms with Crippen LogP contribution in [0, 0.1) is 5.92 Å². The molecule has 0 saturated heterocycles. The molecule has 0 heterocycles. The Balaban J connectivity index is 2.20. The van der Waals surface area contributed by atoms with Crippen LogP contribution in [0.2, 0.25) is 0 Å². The van der Waals surface area contributed by atoms with Crippen LogP contribution in [-0.4, -0.2) is 26.6 Å². The summed E-state index contributed by atoms with van der Waals surface area (Å²) >= 11 is 0.